The van der Waals surface area contributed by atoms with E-state index in [1.165, 1.54) is 107 Å². The summed E-state index contributed by atoms with van der Waals surface area (Å²) in [6.45, 7) is 0. The monoisotopic (exact) mass is 784 g/mol. The van der Waals surface area contributed by atoms with Crippen LogP contribution in [0.25, 0.3) is 123 Å². The number of benzene rings is 10. The van der Waals surface area contributed by atoms with E-state index in [1.807, 2.05) is 22.7 Å². The molecule has 0 aliphatic heterocycles. The maximum Gasteiger partial charge on any atom is 0.124 e. The van der Waals surface area contributed by atoms with Gasteiger partial charge in [-0.1, -0.05) is 152 Å². The third-order valence-corrected chi connectivity index (χ3v) is 14.5. The molecule has 10 aromatic carbocycles. The molecule has 0 radical (unpaired) electrons. The van der Waals surface area contributed by atoms with E-state index in [2.05, 4.69) is 199 Å². The van der Waals surface area contributed by atoms with Crippen molar-refractivity contribution in [2.75, 3.05) is 0 Å². The van der Waals surface area contributed by atoms with Gasteiger partial charge in [0.25, 0.3) is 0 Å². The lowest BCUT2D eigenvalue weighted by Crippen LogP contribution is -1.94. The van der Waals surface area contributed by atoms with Crippen molar-refractivity contribution in [3.63, 3.8) is 0 Å². The van der Waals surface area contributed by atoms with E-state index in [1.54, 1.807) is 0 Å². The molecular formula is C55H32N2S2. The molecule has 13 aromatic rings. The highest BCUT2D eigenvalue weighted by Gasteiger charge is 2.21. The minimum absolute atomic E-state index is 1.04. The van der Waals surface area contributed by atoms with E-state index < -0.39 is 0 Å². The van der Waals surface area contributed by atoms with Gasteiger partial charge in [0.15, 0.2) is 0 Å². The van der Waals surface area contributed by atoms with Gasteiger partial charge in [0.2, 0.25) is 0 Å². The number of hydrogen-bond donors (Lipinski definition) is 0. The van der Waals surface area contributed by atoms with Crippen molar-refractivity contribution >= 4 is 107 Å². The fourth-order valence-corrected chi connectivity index (χ4v) is 11.8. The van der Waals surface area contributed by atoms with Crippen LogP contribution in [0.5, 0.6) is 0 Å². The Morgan fingerprint density at radius 2 is 1.03 bits per heavy atom. The van der Waals surface area contributed by atoms with Gasteiger partial charge < -0.3 is 4.57 Å². The maximum absolute atomic E-state index is 5.40. The van der Waals surface area contributed by atoms with Crippen LogP contribution in [0.1, 0.15) is 0 Å². The number of thiophene rings is 1. The number of fused-ring (bicyclic) bond motifs is 12. The highest BCUT2D eigenvalue weighted by atomic mass is 32.1. The first kappa shape index (κ1) is 32.9. The van der Waals surface area contributed by atoms with Crippen LogP contribution in [0.2, 0.25) is 0 Å². The highest BCUT2D eigenvalue weighted by Crippen LogP contribution is 2.49. The number of rotatable bonds is 4. The number of hydrogen-bond acceptors (Lipinski definition) is 3. The van der Waals surface area contributed by atoms with E-state index in [0.717, 1.165) is 16.1 Å². The van der Waals surface area contributed by atoms with Crippen LogP contribution >= 0.6 is 22.7 Å². The molecule has 0 atom stereocenters. The summed E-state index contributed by atoms with van der Waals surface area (Å²) in [5.41, 5.74) is 10.6. The van der Waals surface area contributed by atoms with Gasteiger partial charge in [0, 0.05) is 47.8 Å². The average molecular weight is 785 g/mol. The van der Waals surface area contributed by atoms with E-state index in [4.69, 9.17) is 4.98 Å². The second-order valence-corrected chi connectivity index (χ2v) is 17.5. The van der Waals surface area contributed by atoms with Gasteiger partial charge >= 0.3 is 0 Å². The number of para-hydroxylation sites is 1. The average Bonchev–Trinajstić information content (AvgIpc) is 4.00. The molecule has 0 unspecified atom stereocenters. The van der Waals surface area contributed by atoms with Crippen molar-refractivity contribution in [3.8, 4) is 38.5 Å². The Balaban J connectivity index is 0.951. The van der Waals surface area contributed by atoms with Crippen LogP contribution in [-0.4, -0.2) is 9.55 Å². The molecule has 0 aliphatic carbocycles. The molecule has 4 heteroatoms. The lowest BCUT2D eigenvalue weighted by molar-refractivity contribution is 1.19. The third kappa shape index (κ3) is 5.01. The van der Waals surface area contributed by atoms with Crippen molar-refractivity contribution < 1.29 is 0 Å². The molecule has 59 heavy (non-hydrogen) atoms. The minimum Gasteiger partial charge on any atom is -0.309 e. The van der Waals surface area contributed by atoms with Gasteiger partial charge in [-0.25, -0.2) is 4.98 Å². The summed E-state index contributed by atoms with van der Waals surface area (Å²) in [6.07, 6.45) is 0. The van der Waals surface area contributed by atoms with Crippen LogP contribution < -0.4 is 0 Å². The number of aromatic nitrogens is 2. The zero-order chi connectivity index (χ0) is 38.6. The molecule has 0 spiro atoms. The van der Waals surface area contributed by atoms with Gasteiger partial charge in [-0.15, -0.1) is 22.7 Å². The molecule has 0 amide bonds. The van der Waals surface area contributed by atoms with E-state index in [0.29, 0.717) is 0 Å². The van der Waals surface area contributed by atoms with Crippen molar-refractivity contribution in [2.45, 2.75) is 0 Å². The molecule has 0 bridgehead atoms. The molecular weight excluding hydrogens is 753 g/mol. The first-order valence-corrected chi connectivity index (χ1v) is 21.7. The summed E-state index contributed by atoms with van der Waals surface area (Å²) < 4.78 is 6.29. The minimum atomic E-state index is 1.04. The largest absolute Gasteiger partial charge is 0.309 e. The van der Waals surface area contributed by atoms with Crippen molar-refractivity contribution in [1.29, 1.82) is 0 Å². The highest BCUT2D eigenvalue weighted by molar-refractivity contribution is 7.28. The second-order valence-electron chi connectivity index (χ2n) is 15.5. The Labute approximate surface area is 347 Å². The summed E-state index contributed by atoms with van der Waals surface area (Å²) in [7, 11) is 0. The van der Waals surface area contributed by atoms with Gasteiger partial charge in [0.1, 0.15) is 5.01 Å². The van der Waals surface area contributed by atoms with E-state index >= 15 is 0 Å². The Kier molecular flexibility index (Phi) is 7.08. The lowest BCUT2D eigenvalue weighted by Gasteiger charge is -2.12. The van der Waals surface area contributed by atoms with Gasteiger partial charge in [-0.05, 0) is 91.5 Å². The normalized spacial score (nSPS) is 12.1. The Bertz CT molecular complexity index is 3850. The first-order chi connectivity index (χ1) is 29.2. The topological polar surface area (TPSA) is 17.8 Å². The lowest BCUT2D eigenvalue weighted by atomic mass is 9.92. The molecule has 3 heterocycles. The standard InChI is InChI=1S/C55H32N2S2/c1-2-12-36-29-39(27-25-33(36)11-1)57-49-19-9-7-17-43(49)44-28-26-37(31-50(44)57)34-21-23-35(24-22-34)55-56-48-32-47(53-52(54(48)59-55)45-18-8-10-20-51(45)58-53)46-30-38-13-3-4-14-40(38)41-15-5-6-16-42(41)46/h1-32H. The summed E-state index contributed by atoms with van der Waals surface area (Å²) in [4.78, 5) is 5.40. The zero-order valence-corrected chi connectivity index (χ0v) is 33.3. The Morgan fingerprint density at radius 1 is 0.373 bits per heavy atom. The number of nitrogens with zero attached hydrogens (tertiary/aromatic N) is 2. The predicted octanol–water partition coefficient (Wildman–Crippen LogP) is 16.2. The summed E-state index contributed by atoms with van der Waals surface area (Å²) in [5.74, 6) is 0. The maximum atomic E-state index is 5.40. The van der Waals surface area contributed by atoms with Crippen LogP contribution in [0.15, 0.2) is 194 Å². The SMILES string of the molecule is c1ccc2cc(-n3c4ccccc4c4ccc(-c5ccc(-c6nc7cc(-c8cc9ccccc9c9ccccc89)c8sc9ccccc9c8c7s6)cc5)cc43)ccc2c1. The van der Waals surface area contributed by atoms with Gasteiger partial charge in [0.05, 0.1) is 21.3 Å². The fraction of sp³-hybridized carbons (Fsp3) is 0. The molecule has 0 aliphatic rings. The summed E-state index contributed by atoms with van der Waals surface area (Å²) in [6, 6.07) is 71.2. The van der Waals surface area contributed by atoms with Gasteiger partial charge in [-0.2, -0.15) is 0 Å². The molecule has 0 saturated heterocycles. The molecule has 0 fully saturated rings. The molecule has 0 N–H and O–H groups in total. The van der Waals surface area contributed by atoms with Crippen molar-refractivity contribution in [1.82, 2.24) is 9.55 Å². The molecule has 2 nitrogen and oxygen atoms in total. The Hall–Kier alpha value is -7.11. The second kappa shape index (κ2) is 12.7. The third-order valence-electron chi connectivity index (χ3n) is 12.2. The quantitative estimate of drug-likeness (QED) is 0.163. The molecule has 274 valence electrons. The molecule has 13 rings (SSSR count). The summed E-state index contributed by atoms with van der Waals surface area (Å²) >= 11 is 3.70. The Morgan fingerprint density at radius 3 is 1.90 bits per heavy atom. The first-order valence-electron chi connectivity index (χ1n) is 20.0. The van der Waals surface area contributed by atoms with Crippen LogP contribution in [-0.2, 0) is 0 Å². The van der Waals surface area contributed by atoms with Crippen molar-refractivity contribution in [3.05, 3.63) is 194 Å². The molecule has 0 saturated carbocycles. The van der Waals surface area contributed by atoms with Crippen LogP contribution in [0.3, 0.4) is 0 Å². The van der Waals surface area contributed by atoms with Crippen LogP contribution in [0, 0.1) is 0 Å². The summed E-state index contributed by atoms with van der Waals surface area (Å²) in [5, 5.41) is 13.7. The molecule has 3 aromatic heterocycles. The number of thiazole rings is 1. The van der Waals surface area contributed by atoms with Crippen LogP contribution in [0.4, 0.5) is 0 Å². The van der Waals surface area contributed by atoms with Crippen molar-refractivity contribution in [2.24, 2.45) is 0 Å². The van der Waals surface area contributed by atoms with E-state index in [-0.39, 0.29) is 0 Å². The van der Waals surface area contributed by atoms with E-state index in [9.17, 15) is 0 Å². The fourth-order valence-electron chi connectivity index (χ4n) is 9.42. The smallest absolute Gasteiger partial charge is 0.124 e. The zero-order valence-electron chi connectivity index (χ0n) is 31.7. The predicted molar refractivity (Wildman–Crippen MR) is 256 cm³/mol. The van der Waals surface area contributed by atoms with Gasteiger partial charge in [-0.3, -0.25) is 0 Å².